The number of carbonyl (C=O) groups excluding carboxylic acids is 1. The normalized spacial score (nSPS) is 9.57. The Morgan fingerprint density at radius 1 is 1.43 bits per heavy atom. The van der Waals surface area contributed by atoms with Crippen molar-refractivity contribution in [2.24, 2.45) is 0 Å². The topological polar surface area (TPSA) is 35.5 Å². The van der Waals surface area contributed by atoms with E-state index in [0.29, 0.717) is 23.7 Å². The van der Waals surface area contributed by atoms with Crippen LogP contribution >= 0.6 is 0 Å². The number of carbonyl (C=O) groups is 1. The number of hydrogen-bond acceptors (Lipinski definition) is 3. The third-order valence-electron chi connectivity index (χ3n) is 1.80. The molecule has 0 saturated heterocycles. The smallest absolute Gasteiger partial charge is 0.171 e. The molecule has 0 N–H and O–H groups in total. The third-order valence-corrected chi connectivity index (χ3v) is 1.80. The molecule has 0 saturated carbocycles. The molecule has 1 aromatic rings. The van der Waals surface area contributed by atoms with Gasteiger partial charge >= 0.3 is 0 Å². The van der Waals surface area contributed by atoms with Crippen LogP contribution in [0.2, 0.25) is 0 Å². The summed E-state index contributed by atoms with van der Waals surface area (Å²) in [6.07, 6.45) is 1.69. The summed E-state index contributed by atoms with van der Waals surface area (Å²) >= 11 is 0. The van der Waals surface area contributed by atoms with Gasteiger partial charge in [-0.15, -0.1) is 0 Å². The highest BCUT2D eigenvalue weighted by molar-refractivity contribution is 5.81. The molecule has 0 heterocycles. The van der Waals surface area contributed by atoms with Gasteiger partial charge in [-0.1, -0.05) is 13.0 Å². The van der Waals surface area contributed by atoms with E-state index in [-0.39, 0.29) is 0 Å². The van der Waals surface area contributed by atoms with Crippen molar-refractivity contribution in [3.8, 4) is 11.5 Å². The Morgan fingerprint density at radius 2 is 2.21 bits per heavy atom. The molecule has 0 radical (unpaired) electrons. The molecule has 0 fully saturated rings. The Morgan fingerprint density at radius 3 is 2.79 bits per heavy atom. The van der Waals surface area contributed by atoms with E-state index < -0.39 is 0 Å². The van der Waals surface area contributed by atoms with Crippen LogP contribution in [0.15, 0.2) is 18.2 Å². The molecule has 0 amide bonds. The van der Waals surface area contributed by atoms with Crippen molar-refractivity contribution in [1.29, 1.82) is 0 Å². The summed E-state index contributed by atoms with van der Waals surface area (Å²) in [5.41, 5.74) is 0.515. The van der Waals surface area contributed by atoms with E-state index >= 15 is 0 Å². The number of hydrogen-bond donors (Lipinski definition) is 0. The van der Waals surface area contributed by atoms with Crippen LogP contribution in [0.25, 0.3) is 0 Å². The lowest BCUT2D eigenvalue weighted by Crippen LogP contribution is -1.99. The summed E-state index contributed by atoms with van der Waals surface area (Å²) in [5.74, 6) is 1.13. The van der Waals surface area contributed by atoms with Crippen LogP contribution in [-0.4, -0.2) is 20.0 Å². The minimum Gasteiger partial charge on any atom is -0.492 e. The number of benzene rings is 1. The van der Waals surface area contributed by atoms with Gasteiger partial charge in [0.05, 0.1) is 19.3 Å². The Bertz CT molecular complexity index is 307. The van der Waals surface area contributed by atoms with E-state index in [0.717, 1.165) is 12.7 Å². The highest BCUT2D eigenvalue weighted by Gasteiger charge is 2.08. The molecule has 0 atom stereocenters. The van der Waals surface area contributed by atoms with Gasteiger partial charge in [0, 0.05) is 0 Å². The van der Waals surface area contributed by atoms with Crippen LogP contribution in [0.5, 0.6) is 11.5 Å². The Hall–Kier alpha value is -1.51. The van der Waals surface area contributed by atoms with Gasteiger partial charge in [-0.05, 0) is 18.6 Å². The maximum absolute atomic E-state index is 10.7. The van der Waals surface area contributed by atoms with Crippen LogP contribution < -0.4 is 9.47 Å². The third kappa shape index (κ3) is 2.25. The van der Waals surface area contributed by atoms with E-state index in [1.54, 1.807) is 18.2 Å². The minimum atomic E-state index is 0.510. The molecule has 0 spiro atoms. The fourth-order valence-electron chi connectivity index (χ4n) is 1.17. The monoisotopic (exact) mass is 194 g/mol. The Kier molecular flexibility index (Phi) is 3.98. The van der Waals surface area contributed by atoms with Crippen molar-refractivity contribution in [2.45, 2.75) is 13.3 Å². The summed E-state index contributed by atoms with van der Waals surface area (Å²) < 4.78 is 10.5. The first-order valence-corrected chi connectivity index (χ1v) is 4.58. The van der Waals surface area contributed by atoms with E-state index in [4.69, 9.17) is 9.47 Å². The zero-order chi connectivity index (χ0) is 10.4. The molecular weight excluding hydrogens is 180 g/mol. The summed E-state index contributed by atoms with van der Waals surface area (Å²) in [6, 6.07) is 5.27. The molecule has 76 valence electrons. The number of aldehydes is 1. The van der Waals surface area contributed by atoms with E-state index in [1.165, 1.54) is 7.11 Å². The van der Waals surface area contributed by atoms with E-state index in [2.05, 4.69) is 0 Å². The first-order valence-electron chi connectivity index (χ1n) is 4.58. The van der Waals surface area contributed by atoms with Crippen LogP contribution in [0, 0.1) is 0 Å². The quantitative estimate of drug-likeness (QED) is 0.675. The van der Waals surface area contributed by atoms with Gasteiger partial charge in [0.1, 0.15) is 0 Å². The summed E-state index contributed by atoms with van der Waals surface area (Å²) in [4.78, 5) is 10.7. The molecule has 14 heavy (non-hydrogen) atoms. The standard InChI is InChI=1S/C11H14O3/c1-3-7-14-10-6-4-5-9(8-12)11(10)13-2/h4-6,8H,3,7H2,1-2H3. The fourth-order valence-corrected chi connectivity index (χ4v) is 1.17. The SMILES string of the molecule is CCCOc1cccc(C=O)c1OC. The molecule has 0 aliphatic rings. The second kappa shape index (κ2) is 5.27. The molecule has 1 aromatic carbocycles. The summed E-state index contributed by atoms with van der Waals surface area (Å²) in [5, 5.41) is 0. The van der Waals surface area contributed by atoms with Crippen molar-refractivity contribution in [2.75, 3.05) is 13.7 Å². The number of rotatable bonds is 5. The van der Waals surface area contributed by atoms with Gasteiger partial charge in [0.2, 0.25) is 0 Å². The first kappa shape index (κ1) is 10.6. The average Bonchev–Trinajstić information content (AvgIpc) is 2.25. The van der Waals surface area contributed by atoms with Gasteiger partial charge in [-0.2, -0.15) is 0 Å². The molecule has 3 nitrogen and oxygen atoms in total. The lowest BCUT2D eigenvalue weighted by molar-refractivity contribution is 0.111. The van der Waals surface area contributed by atoms with Crippen molar-refractivity contribution in [1.82, 2.24) is 0 Å². The first-order chi connectivity index (χ1) is 6.83. The van der Waals surface area contributed by atoms with Crippen molar-refractivity contribution < 1.29 is 14.3 Å². The summed E-state index contributed by atoms with van der Waals surface area (Å²) in [7, 11) is 1.53. The van der Waals surface area contributed by atoms with Crippen molar-refractivity contribution in [3.63, 3.8) is 0 Å². The lowest BCUT2D eigenvalue weighted by atomic mass is 10.2. The van der Waals surface area contributed by atoms with Crippen molar-refractivity contribution in [3.05, 3.63) is 23.8 Å². The lowest BCUT2D eigenvalue weighted by Gasteiger charge is -2.10. The molecule has 3 heteroatoms. The van der Waals surface area contributed by atoms with Crippen LogP contribution in [0.1, 0.15) is 23.7 Å². The Labute approximate surface area is 83.6 Å². The highest BCUT2D eigenvalue weighted by Crippen LogP contribution is 2.29. The fraction of sp³-hybridized carbons (Fsp3) is 0.364. The van der Waals surface area contributed by atoms with Crippen LogP contribution in [-0.2, 0) is 0 Å². The van der Waals surface area contributed by atoms with Crippen LogP contribution in [0.4, 0.5) is 0 Å². The van der Waals surface area contributed by atoms with Gasteiger partial charge < -0.3 is 9.47 Å². The van der Waals surface area contributed by atoms with Crippen molar-refractivity contribution >= 4 is 6.29 Å². The molecule has 0 bridgehead atoms. The largest absolute Gasteiger partial charge is 0.492 e. The minimum absolute atomic E-state index is 0.510. The van der Waals surface area contributed by atoms with E-state index in [9.17, 15) is 4.79 Å². The number of methoxy groups -OCH3 is 1. The second-order valence-electron chi connectivity index (χ2n) is 2.84. The predicted molar refractivity (Wildman–Crippen MR) is 54.2 cm³/mol. The zero-order valence-corrected chi connectivity index (χ0v) is 8.45. The van der Waals surface area contributed by atoms with Gasteiger partial charge in [0.15, 0.2) is 17.8 Å². The number of para-hydroxylation sites is 1. The maximum Gasteiger partial charge on any atom is 0.171 e. The predicted octanol–water partition coefficient (Wildman–Crippen LogP) is 2.30. The molecule has 0 unspecified atom stereocenters. The molecule has 0 aliphatic carbocycles. The average molecular weight is 194 g/mol. The van der Waals surface area contributed by atoms with Gasteiger partial charge in [-0.3, -0.25) is 4.79 Å². The molecule has 1 rings (SSSR count). The van der Waals surface area contributed by atoms with Crippen LogP contribution in [0.3, 0.4) is 0 Å². The zero-order valence-electron chi connectivity index (χ0n) is 8.45. The number of ether oxygens (including phenoxy) is 2. The van der Waals surface area contributed by atoms with Gasteiger partial charge in [-0.25, -0.2) is 0 Å². The Balaban J connectivity index is 2.96. The molecule has 0 aliphatic heterocycles. The summed E-state index contributed by atoms with van der Waals surface area (Å²) in [6.45, 7) is 2.65. The molecular formula is C11H14O3. The highest BCUT2D eigenvalue weighted by atomic mass is 16.5. The second-order valence-corrected chi connectivity index (χ2v) is 2.84. The van der Waals surface area contributed by atoms with Gasteiger partial charge in [0.25, 0.3) is 0 Å². The maximum atomic E-state index is 10.7. The van der Waals surface area contributed by atoms with E-state index in [1.807, 2.05) is 6.92 Å². The molecule has 0 aromatic heterocycles.